The first-order chi connectivity index (χ1) is 12.6. The Kier molecular flexibility index (Phi) is 11.4. The maximum absolute atomic E-state index is 5.45. The third kappa shape index (κ3) is 8.48. The van der Waals surface area contributed by atoms with Gasteiger partial charge in [0, 0.05) is 30.8 Å². The van der Waals surface area contributed by atoms with Crippen molar-refractivity contribution in [1.29, 1.82) is 0 Å². The van der Waals surface area contributed by atoms with Crippen molar-refractivity contribution in [2.45, 2.75) is 38.3 Å². The number of nitrogens with one attached hydrogen (secondary N) is 2. The van der Waals surface area contributed by atoms with Gasteiger partial charge in [0.05, 0.1) is 6.54 Å². The van der Waals surface area contributed by atoms with Gasteiger partial charge in [-0.15, -0.1) is 35.7 Å². The van der Waals surface area contributed by atoms with Gasteiger partial charge in [-0.25, -0.2) is 0 Å². The summed E-state index contributed by atoms with van der Waals surface area (Å²) in [5, 5.41) is 10.4. The number of ether oxygens (including phenoxy) is 1. The summed E-state index contributed by atoms with van der Waals surface area (Å²) in [6.45, 7) is 7.75. The molecule has 0 aliphatic heterocycles. The molecule has 1 heterocycles. The lowest BCUT2D eigenvalue weighted by Crippen LogP contribution is -2.38. The summed E-state index contributed by atoms with van der Waals surface area (Å²) in [5.41, 5.74) is 1.27. The van der Waals surface area contributed by atoms with Crippen LogP contribution in [0.4, 0.5) is 0 Å². The minimum atomic E-state index is -0.172. The maximum atomic E-state index is 5.45. The highest BCUT2D eigenvalue weighted by molar-refractivity contribution is 14.0. The van der Waals surface area contributed by atoms with Gasteiger partial charge in [0.2, 0.25) is 5.89 Å². The predicted octanol–water partition coefficient (Wildman–Crippen LogP) is 3.55. The smallest absolute Gasteiger partial charge is 0.246 e. The van der Waals surface area contributed by atoms with Crippen LogP contribution in [0, 0.1) is 6.92 Å². The number of hydrogen-bond acceptors (Lipinski definition) is 6. The van der Waals surface area contributed by atoms with Crippen LogP contribution in [0.1, 0.15) is 37.2 Å². The summed E-state index contributed by atoms with van der Waals surface area (Å²) in [5.74, 6) is 2.71. The zero-order valence-corrected chi connectivity index (χ0v) is 19.3. The third-order valence-corrected chi connectivity index (χ3v) is 4.59. The van der Waals surface area contributed by atoms with Gasteiger partial charge in [-0.1, -0.05) is 22.9 Å². The topological polar surface area (TPSA) is 84.6 Å². The Bertz CT molecular complexity index is 693. The molecule has 7 nitrogen and oxygen atoms in total. The van der Waals surface area contributed by atoms with Crippen molar-refractivity contribution in [2.24, 2.45) is 4.99 Å². The monoisotopic (exact) mass is 505 g/mol. The number of aromatic nitrogens is 2. The van der Waals surface area contributed by atoms with E-state index in [9.17, 15) is 0 Å². The Hall–Kier alpha value is -1.33. The molecule has 0 fully saturated rings. The van der Waals surface area contributed by atoms with Crippen molar-refractivity contribution in [3.63, 3.8) is 0 Å². The maximum Gasteiger partial charge on any atom is 0.246 e. The molecule has 2 aromatic rings. The van der Waals surface area contributed by atoms with Crippen LogP contribution >= 0.6 is 35.7 Å². The predicted molar refractivity (Wildman–Crippen MR) is 120 cm³/mol. The zero-order chi connectivity index (χ0) is 18.8. The van der Waals surface area contributed by atoms with Gasteiger partial charge in [0.25, 0.3) is 0 Å². The van der Waals surface area contributed by atoms with E-state index in [-0.39, 0.29) is 30.1 Å². The Morgan fingerprint density at radius 1 is 1.30 bits per heavy atom. The van der Waals surface area contributed by atoms with Crippen LogP contribution in [0.5, 0.6) is 0 Å². The molecule has 0 saturated heterocycles. The van der Waals surface area contributed by atoms with Gasteiger partial charge in [-0.3, -0.25) is 4.99 Å². The molecule has 1 aromatic heterocycles. The molecule has 0 saturated carbocycles. The van der Waals surface area contributed by atoms with Gasteiger partial charge in [-0.05, 0) is 32.9 Å². The van der Waals surface area contributed by atoms with Crippen molar-refractivity contribution in [3.8, 4) is 0 Å². The quantitative estimate of drug-likeness (QED) is 0.177. The number of thioether (sulfide) groups is 1. The van der Waals surface area contributed by atoms with Crippen molar-refractivity contribution < 1.29 is 9.26 Å². The summed E-state index contributed by atoms with van der Waals surface area (Å²) in [4.78, 5) is 9.79. The first-order valence-electron chi connectivity index (χ1n) is 8.70. The Morgan fingerprint density at radius 3 is 2.70 bits per heavy atom. The first-order valence-corrected chi connectivity index (χ1v) is 9.69. The van der Waals surface area contributed by atoms with E-state index in [1.165, 1.54) is 10.5 Å². The number of aryl methyl sites for hydroxylation is 1. The fourth-order valence-electron chi connectivity index (χ4n) is 2.18. The lowest BCUT2D eigenvalue weighted by molar-refractivity contribution is 0.0683. The number of benzene rings is 1. The molecule has 9 heteroatoms. The van der Waals surface area contributed by atoms with Crippen molar-refractivity contribution in [3.05, 3.63) is 41.5 Å². The number of hydrogen-bond donors (Lipinski definition) is 2. The van der Waals surface area contributed by atoms with E-state index in [4.69, 9.17) is 9.26 Å². The van der Waals surface area contributed by atoms with Crippen molar-refractivity contribution in [1.82, 2.24) is 20.8 Å². The highest BCUT2D eigenvalue weighted by atomic mass is 127. The van der Waals surface area contributed by atoms with E-state index in [0.717, 1.165) is 12.3 Å². The average Bonchev–Trinajstić information content (AvgIpc) is 3.12. The van der Waals surface area contributed by atoms with Crippen LogP contribution in [0.25, 0.3) is 0 Å². The van der Waals surface area contributed by atoms with Crippen molar-refractivity contribution >= 4 is 41.7 Å². The SMILES string of the molecule is CCOC(C)c1noc(CNC(=NC)NCCSc2ccc(C)cc2)n1.I. The van der Waals surface area contributed by atoms with Crippen LogP contribution < -0.4 is 10.6 Å². The molecular weight excluding hydrogens is 477 g/mol. The zero-order valence-electron chi connectivity index (χ0n) is 16.2. The molecule has 0 spiro atoms. The first kappa shape index (κ1) is 23.7. The number of aliphatic imine (C=N–C) groups is 1. The molecule has 1 unspecified atom stereocenters. The standard InChI is InChI=1S/C18H27N5O2S.HI/c1-5-24-14(3)17-22-16(25-23-17)12-21-18(19-4)20-10-11-26-15-8-6-13(2)7-9-15;/h6-9,14H,5,10-12H2,1-4H3,(H2,19,20,21);1H. The second-order valence-electron chi connectivity index (χ2n) is 5.66. The van der Waals surface area contributed by atoms with Gasteiger partial charge < -0.3 is 19.9 Å². The molecule has 0 bridgehead atoms. The largest absolute Gasteiger partial charge is 0.371 e. The van der Waals surface area contributed by atoms with Crippen molar-refractivity contribution in [2.75, 3.05) is 26.0 Å². The molecule has 0 amide bonds. The molecule has 27 heavy (non-hydrogen) atoms. The number of guanidine groups is 1. The third-order valence-electron chi connectivity index (χ3n) is 3.58. The molecule has 0 radical (unpaired) electrons. The molecular formula is C18H28IN5O2S. The molecule has 0 aliphatic carbocycles. The Balaban J connectivity index is 0.00000364. The Labute approximate surface area is 182 Å². The summed E-state index contributed by atoms with van der Waals surface area (Å²) in [7, 11) is 1.73. The van der Waals surface area contributed by atoms with E-state index in [2.05, 4.69) is 57.0 Å². The summed E-state index contributed by atoms with van der Waals surface area (Å²) in [6, 6.07) is 8.54. The van der Waals surface area contributed by atoms with E-state index < -0.39 is 0 Å². The van der Waals surface area contributed by atoms with Gasteiger partial charge in [0.1, 0.15) is 6.10 Å². The molecule has 2 rings (SSSR count). The molecule has 1 aromatic carbocycles. The molecule has 2 N–H and O–H groups in total. The summed E-state index contributed by atoms with van der Waals surface area (Å²) in [6.07, 6.45) is -0.172. The van der Waals surface area contributed by atoms with Crippen LogP contribution in [-0.2, 0) is 11.3 Å². The summed E-state index contributed by atoms with van der Waals surface area (Å²) >= 11 is 1.81. The highest BCUT2D eigenvalue weighted by Gasteiger charge is 2.13. The van der Waals surface area contributed by atoms with Crippen LogP contribution in [0.15, 0.2) is 38.7 Å². The molecule has 0 aliphatic rings. The van der Waals surface area contributed by atoms with E-state index in [1.807, 2.05) is 25.6 Å². The highest BCUT2D eigenvalue weighted by Crippen LogP contribution is 2.17. The Morgan fingerprint density at radius 2 is 2.04 bits per heavy atom. The van der Waals surface area contributed by atoms with Gasteiger partial charge >= 0.3 is 0 Å². The van der Waals surface area contributed by atoms with Crippen LogP contribution in [0.3, 0.4) is 0 Å². The fraction of sp³-hybridized carbons (Fsp3) is 0.500. The average molecular weight is 505 g/mol. The minimum absolute atomic E-state index is 0. The van der Waals surface area contributed by atoms with E-state index in [0.29, 0.717) is 30.8 Å². The number of rotatable bonds is 9. The second kappa shape index (κ2) is 12.9. The van der Waals surface area contributed by atoms with Crippen LogP contribution in [0.2, 0.25) is 0 Å². The number of halogens is 1. The fourth-order valence-corrected chi connectivity index (χ4v) is 2.95. The van der Waals surface area contributed by atoms with Gasteiger partial charge in [0.15, 0.2) is 11.8 Å². The lowest BCUT2D eigenvalue weighted by atomic mass is 10.2. The lowest BCUT2D eigenvalue weighted by Gasteiger charge is -2.10. The van der Waals surface area contributed by atoms with Gasteiger partial charge in [-0.2, -0.15) is 4.98 Å². The normalized spacial score (nSPS) is 12.4. The van der Waals surface area contributed by atoms with E-state index >= 15 is 0 Å². The molecule has 150 valence electrons. The summed E-state index contributed by atoms with van der Waals surface area (Å²) < 4.78 is 10.7. The van der Waals surface area contributed by atoms with Crippen LogP contribution in [-0.4, -0.2) is 42.1 Å². The second-order valence-corrected chi connectivity index (χ2v) is 6.83. The van der Waals surface area contributed by atoms with E-state index in [1.54, 1.807) is 7.05 Å². The number of nitrogens with zero attached hydrogens (tertiary/aromatic N) is 3. The minimum Gasteiger partial charge on any atom is -0.371 e. The molecule has 1 atom stereocenters.